The summed E-state index contributed by atoms with van der Waals surface area (Å²) in [7, 11) is 0. The third-order valence-corrected chi connectivity index (χ3v) is 2.74. The molecule has 0 saturated heterocycles. The average Bonchev–Trinajstić information content (AvgIpc) is 2.17. The van der Waals surface area contributed by atoms with Gasteiger partial charge in [0, 0.05) is 0 Å². The van der Waals surface area contributed by atoms with Gasteiger partial charge in [0.1, 0.15) is 0 Å². The molecule has 0 unspecified atom stereocenters. The molecule has 1 saturated carbocycles. The minimum atomic E-state index is -0.591. The van der Waals surface area contributed by atoms with Crippen molar-refractivity contribution in [3.05, 3.63) is 0 Å². The second-order valence-electron chi connectivity index (χ2n) is 4.17. The molecule has 0 aromatic carbocycles. The SMILES string of the molecule is CCCN.O=C(O)C1CCCCCCC1. The van der Waals surface area contributed by atoms with Crippen molar-refractivity contribution in [2.24, 2.45) is 11.7 Å². The fourth-order valence-corrected chi connectivity index (χ4v) is 1.70. The van der Waals surface area contributed by atoms with Gasteiger partial charge in [0.2, 0.25) is 0 Å². The average molecular weight is 215 g/mol. The van der Waals surface area contributed by atoms with Crippen molar-refractivity contribution in [2.75, 3.05) is 6.54 Å². The molecule has 90 valence electrons. The van der Waals surface area contributed by atoms with Gasteiger partial charge in [-0.05, 0) is 25.8 Å². The summed E-state index contributed by atoms with van der Waals surface area (Å²) in [5.41, 5.74) is 5.03. The van der Waals surface area contributed by atoms with Crippen LogP contribution in [0.15, 0.2) is 0 Å². The number of carbonyl (C=O) groups is 1. The molecule has 1 aliphatic rings. The molecular weight excluding hydrogens is 190 g/mol. The van der Waals surface area contributed by atoms with Crippen LogP contribution in [-0.2, 0) is 4.79 Å². The first-order chi connectivity index (χ1) is 7.22. The second kappa shape index (κ2) is 9.97. The summed E-state index contributed by atoms with van der Waals surface area (Å²) in [6.45, 7) is 2.88. The molecule has 3 N–H and O–H groups in total. The fraction of sp³-hybridized carbons (Fsp3) is 0.917. The normalized spacial score (nSPS) is 18.3. The zero-order valence-electron chi connectivity index (χ0n) is 9.87. The van der Waals surface area contributed by atoms with E-state index in [1.165, 1.54) is 19.3 Å². The molecule has 0 spiro atoms. The van der Waals surface area contributed by atoms with Crippen molar-refractivity contribution < 1.29 is 9.90 Å². The Morgan fingerprint density at radius 3 is 1.93 bits per heavy atom. The van der Waals surface area contributed by atoms with Crippen molar-refractivity contribution in [2.45, 2.75) is 58.3 Å². The fourth-order valence-electron chi connectivity index (χ4n) is 1.70. The lowest BCUT2D eigenvalue weighted by molar-refractivity contribution is -0.142. The first kappa shape index (κ1) is 14.4. The number of carboxylic acid groups (broad SMARTS) is 1. The van der Waals surface area contributed by atoms with Gasteiger partial charge in [0.25, 0.3) is 0 Å². The number of rotatable bonds is 2. The predicted octanol–water partition coefficient (Wildman–Crippen LogP) is 2.79. The lowest BCUT2D eigenvalue weighted by Gasteiger charge is -2.14. The highest BCUT2D eigenvalue weighted by atomic mass is 16.4. The number of aliphatic carboxylic acids is 1. The van der Waals surface area contributed by atoms with Gasteiger partial charge in [0.05, 0.1) is 5.92 Å². The van der Waals surface area contributed by atoms with Crippen LogP contribution in [0.5, 0.6) is 0 Å². The summed E-state index contributed by atoms with van der Waals surface area (Å²) in [6, 6.07) is 0. The van der Waals surface area contributed by atoms with Crippen molar-refractivity contribution in [3.63, 3.8) is 0 Å². The Balaban J connectivity index is 0.000000423. The molecule has 1 fully saturated rings. The van der Waals surface area contributed by atoms with Gasteiger partial charge in [-0.1, -0.05) is 39.0 Å². The van der Waals surface area contributed by atoms with Crippen LogP contribution in [0.4, 0.5) is 0 Å². The molecule has 1 rings (SSSR count). The van der Waals surface area contributed by atoms with E-state index < -0.39 is 5.97 Å². The van der Waals surface area contributed by atoms with Crippen molar-refractivity contribution >= 4 is 5.97 Å². The molecule has 1 aliphatic carbocycles. The Bertz CT molecular complexity index is 150. The topological polar surface area (TPSA) is 63.3 Å². The second-order valence-corrected chi connectivity index (χ2v) is 4.17. The molecule has 0 amide bonds. The Morgan fingerprint density at radius 1 is 1.20 bits per heavy atom. The molecule has 0 aliphatic heterocycles. The maximum Gasteiger partial charge on any atom is 0.306 e. The highest BCUT2D eigenvalue weighted by molar-refractivity contribution is 5.69. The van der Waals surface area contributed by atoms with E-state index in [2.05, 4.69) is 6.92 Å². The van der Waals surface area contributed by atoms with Gasteiger partial charge in [0.15, 0.2) is 0 Å². The van der Waals surface area contributed by atoms with E-state index in [1.807, 2.05) is 0 Å². The van der Waals surface area contributed by atoms with E-state index in [9.17, 15) is 4.79 Å². The molecule has 0 aromatic heterocycles. The molecule has 3 nitrogen and oxygen atoms in total. The smallest absolute Gasteiger partial charge is 0.306 e. The van der Waals surface area contributed by atoms with E-state index in [0.717, 1.165) is 38.6 Å². The largest absolute Gasteiger partial charge is 0.481 e. The zero-order chi connectivity index (χ0) is 11.5. The van der Waals surface area contributed by atoms with E-state index in [1.54, 1.807) is 0 Å². The Morgan fingerprint density at radius 2 is 1.60 bits per heavy atom. The monoisotopic (exact) mass is 215 g/mol. The summed E-state index contributed by atoms with van der Waals surface area (Å²) < 4.78 is 0. The van der Waals surface area contributed by atoms with Crippen LogP contribution in [-0.4, -0.2) is 17.6 Å². The highest BCUT2D eigenvalue weighted by Crippen LogP contribution is 2.21. The van der Waals surface area contributed by atoms with Crippen molar-refractivity contribution in [3.8, 4) is 0 Å². The van der Waals surface area contributed by atoms with Crippen LogP contribution >= 0.6 is 0 Å². The van der Waals surface area contributed by atoms with Gasteiger partial charge >= 0.3 is 5.97 Å². The minimum absolute atomic E-state index is 0.0460. The summed E-state index contributed by atoms with van der Waals surface area (Å²) in [5, 5.41) is 8.76. The third kappa shape index (κ3) is 8.43. The van der Waals surface area contributed by atoms with E-state index in [-0.39, 0.29) is 5.92 Å². The molecule has 0 bridgehead atoms. The van der Waals surface area contributed by atoms with Crippen LogP contribution in [0.2, 0.25) is 0 Å². The molecule has 0 aromatic rings. The molecule has 0 atom stereocenters. The molecular formula is C12H25NO2. The van der Waals surface area contributed by atoms with Crippen LogP contribution in [0.25, 0.3) is 0 Å². The van der Waals surface area contributed by atoms with Crippen molar-refractivity contribution in [1.29, 1.82) is 0 Å². The predicted molar refractivity (Wildman–Crippen MR) is 62.8 cm³/mol. The van der Waals surface area contributed by atoms with E-state index in [4.69, 9.17) is 10.8 Å². The first-order valence-corrected chi connectivity index (χ1v) is 6.15. The summed E-state index contributed by atoms with van der Waals surface area (Å²) >= 11 is 0. The van der Waals surface area contributed by atoms with Gasteiger partial charge in [-0.25, -0.2) is 0 Å². The molecule has 15 heavy (non-hydrogen) atoms. The van der Waals surface area contributed by atoms with Crippen LogP contribution in [0.1, 0.15) is 58.3 Å². The van der Waals surface area contributed by atoms with Crippen LogP contribution < -0.4 is 5.73 Å². The maximum absolute atomic E-state index is 10.6. The summed E-state index contributed by atoms with van der Waals surface area (Å²) in [5.74, 6) is -0.637. The number of hydrogen-bond donors (Lipinski definition) is 2. The molecule has 0 radical (unpaired) electrons. The Hall–Kier alpha value is -0.570. The number of carboxylic acids is 1. The van der Waals surface area contributed by atoms with Crippen LogP contribution in [0.3, 0.4) is 0 Å². The first-order valence-electron chi connectivity index (χ1n) is 6.15. The van der Waals surface area contributed by atoms with E-state index >= 15 is 0 Å². The molecule has 0 heterocycles. The van der Waals surface area contributed by atoms with Gasteiger partial charge in [-0.3, -0.25) is 4.79 Å². The third-order valence-electron chi connectivity index (χ3n) is 2.74. The van der Waals surface area contributed by atoms with Gasteiger partial charge < -0.3 is 10.8 Å². The lowest BCUT2D eigenvalue weighted by Crippen LogP contribution is -2.14. The van der Waals surface area contributed by atoms with E-state index in [0.29, 0.717) is 0 Å². The van der Waals surface area contributed by atoms with Crippen molar-refractivity contribution in [1.82, 2.24) is 0 Å². The Labute approximate surface area is 93.0 Å². The standard InChI is InChI=1S/C9H16O2.C3H9N/c10-9(11)8-6-4-2-1-3-5-7-8;1-2-3-4/h8H,1-7H2,(H,10,11);2-4H2,1H3. The Kier molecular flexibility index (Phi) is 9.59. The van der Waals surface area contributed by atoms with Gasteiger partial charge in [-0.2, -0.15) is 0 Å². The number of hydrogen-bond acceptors (Lipinski definition) is 2. The summed E-state index contributed by atoms with van der Waals surface area (Å²) in [6.07, 6.45) is 8.86. The molecule has 3 heteroatoms. The lowest BCUT2D eigenvalue weighted by atomic mass is 9.91. The van der Waals surface area contributed by atoms with Crippen LogP contribution in [0, 0.1) is 5.92 Å². The van der Waals surface area contributed by atoms with Gasteiger partial charge in [-0.15, -0.1) is 0 Å². The minimum Gasteiger partial charge on any atom is -0.481 e. The number of nitrogens with two attached hydrogens (primary N) is 1. The highest BCUT2D eigenvalue weighted by Gasteiger charge is 2.17. The summed E-state index contributed by atoms with van der Waals surface area (Å²) in [4.78, 5) is 10.6. The maximum atomic E-state index is 10.6. The zero-order valence-corrected chi connectivity index (χ0v) is 9.87. The quantitative estimate of drug-likeness (QED) is 0.744.